The van der Waals surface area contributed by atoms with Crippen LogP contribution in [0.1, 0.15) is 6.92 Å². The van der Waals surface area contributed by atoms with E-state index < -0.39 is 9.84 Å². The van der Waals surface area contributed by atoms with Crippen molar-refractivity contribution in [2.75, 3.05) is 41.4 Å². The molecule has 2 rings (SSSR count). The Kier molecular flexibility index (Phi) is 4.06. The zero-order chi connectivity index (χ0) is 13.2. The summed E-state index contributed by atoms with van der Waals surface area (Å²) in [6.45, 7) is 3.71. The molecule has 1 aliphatic heterocycles. The SMILES string of the molecule is CCNc1ncnc(N2CCS(=O)(=O)CC2)c1Br. The lowest BCUT2D eigenvalue weighted by atomic mass is 10.4. The molecule has 1 aromatic heterocycles. The summed E-state index contributed by atoms with van der Waals surface area (Å²) in [7, 11) is -2.87. The van der Waals surface area contributed by atoms with E-state index in [9.17, 15) is 8.42 Å². The van der Waals surface area contributed by atoms with Crippen molar-refractivity contribution in [3.05, 3.63) is 10.8 Å². The highest BCUT2D eigenvalue weighted by molar-refractivity contribution is 9.10. The highest BCUT2D eigenvalue weighted by Gasteiger charge is 2.24. The quantitative estimate of drug-likeness (QED) is 0.885. The van der Waals surface area contributed by atoms with Crippen LogP contribution in [0.4, 0.5) is 11.6 Å². The van der Waals surface area contributed by atoms with Gasteiger partial charge in [-0.3, -0.25) is 0 Å². The third-order valence-corrected chi connectivity index (χ3v) is 5.10. The van der Waals surface area contributed by atoms with E-state index >= 15 is 0 Å². The van der Waals surface area contributed by atoms with Gasteiger partial charge in [-0.05, 0) is 22.9 Å². The number of hydrogen-bond donors (Lipinski definition) is 1. The van der Waals surface area contributed by atoms with Crippen LogP contribution in [0.2, 0.25) is 0 Å². The van der Waals surface area contributed by atoms with Crippen LogP contribution in [0.3, 0.4) is 0 Å². The average molecular weight is 335 g/mol. The molecule has 1 N–H and O–H groups in total. The van der Waals surface area contributed by atoms with Gasteiger partial charge in [0, 0.05) is 19.6 Å². The molecule has 0 spiro atoms. The van der Waals surface area contributed by atoms with Gasteiger partial charge < -0.3 is 10.2 Å². The smallest absolute Gasteiger partial charge is 0.153 e. The van der Waals surface area contributed by atoms with E-state index in [-0.39, 0.29) is 11.5 Å². The Morgan fingerprint density at radius 3 is 2.67 bits per heavy atom. The minimum atomic E-state index is -2.87. The summed E-state index contributed by atoms with van der Waals surface area (Å²) in [4.78, 5) is 10.3. The summed E-state index contributed by atoms with van der Waals surface area (Å²) in [5.41, 5.74) is 0. The third-order valence-electron chi connectivity index (χ3n) is 2.76. The molecule has 100 valence electrons. The van der Waals surface area contributed by atoms with E-state index in [4.69, 9.17) is 0 Å². The minimum absolute atomic E-state index is 0.181. The van der Waals surface area contributed by atoms with Gasteiger partial charge in [0.15, 0.2) is 9.84 Å². The van der Waals surface area contributed by atoms with Gasteiger partial charge in [0.05, 0.1) is 11.5 Å². The molecule has 0 radical (unpaired) electrons. The summed E-state index contributed by atoms with van der Waals surface area (Å²) < 4.78 is 23.6. The van der Waals surface area contributed by atoms with Crippen LogP contribution in [-0.4, -0.2) is 49.5 Å². The summed E-state index contributed by atoms with van der Waals surface area (Å²) in [5.74, 6) is 1.84. The zero-order valence-electron chi connectivity index (χ0n) is 10.1. The molecule has 6 nitrogen and oxygen atoms in total. The molecule has 1 aromatic rings. The minimum Gasteiger partial charge on any atom is -0.369 e. The Balaban J connectivity index is 2.21. The Bertz CT molecular complexity index is 521. The fourth-order valence-electron chi connectivity index (χ4n) is 1.80. The molecule has 0 aromatic carbocycles. The van der Waals surface area contributed by atoms with Crippen molar-refractivity contribution in [2.45, 2.75) is 6.92 Å². The number of nitrogens with zero attached hydrogens (tertiary/aromatic N) is 3. The maximum Gasteiger partial charge on any atom is 0.153 e. The number of rotatable bonds is 3. The Hall–Kier alpha value is -0.890. The summed E-state index contributed by atoms with van der Waals surface area (Å²) in [5, 5.41) is 3.13. The molecule has 0 amide bonds. The highest BCUT2D eigenvalue weighted by atomic mass is 79.9. The van der Waals surface area contributed by atoms with Crippen LogP contribution in [0.15, 0.2) is 10.8 Å². The van der Waals surface area contributed by atoms with Crippen molar-refractivity contribution in [3.8, 4) is 0 Å². The molecule has 0 bridgehead atoms. The fourth-order valence-corrected chi connectivity index (χ4v) is 3.59. The van der Waals surface area contributed by atoms with Crippen molar-refractivity contribution in [2.24, 2.45) is 0 Å². The highest BCUT2D eigenvalue weighted by Crippen LogP contribution is 2.30. The van der Waals surface area contributed by atoms with Gasteiger partial charge in [-0.25, -0.2) is 18.4 Å². The standard InChI is InChI=1S/C10H15BrN4O2S/c1-2-12-9-8(11)10(14-7-13-9)15-3-5-18(16,17)6-4-15/h7H,2-6H2,1H3,(H,12,13,14). The second kappa shape index (κ2) is 5.40. The van der Waals surface area contributed by atoms with Gasteiger partial charge in [0.25, 0.3) is 0 Å². The van der Waals surface area contributed by atoms with Gasteiger partial charge in [0.2, 0.25) is 0 Å². The summed E-state index contributed by atoms with van der Waals surface area (Å²) >= 11 is 3.47. The van der Waals surface area contributed by atoms with Gasteiger partial charge >= 0.3 is 0 Å². The molecule has 0 saturated carbocycles. The normalized spacial score (nSPS) is 18.7. The van der Waals surface area contributed by atoms with Crippen LogP contribution in [0, 0.1) is 0 Å². The molecule has 0 atom stereocenters. The Labute approximate surface area is 115 Å². The van der Waals surface area contributed by atoms with Crippen LogP contribution in [0.5, 0.6) is 0 Å². The van der Waals surface area contributed by atoms with Crippen LogP contribution >= 0.6 is 15.9 Å². The van der Waals surface area contributed by atoms with Crippen molar-refractivity contribution < 1.29 is 8.42 Å². The number of nitrogens with one attached hydrogen (secondary N) is 1. The Morgan fingerprint density at radius 2 is 2.06 bits per heavy atom. The van der Waals surface area contributed by atoms with Crippen LogP contribution < -0.4 is 10.2 Å². The number of sulfone groups is 1. The first-order chi connectivity index (χ1) is 8.53. The molecule has 18 heavy (non-hydrogen) atoms. The van der Waals surface area contributed by atoms with E-state index in [2.05, 4.69) is 31.2 Å². The van der Waals surface area contributed by atoms with Crippen LogP contribution in [0.25, 0.3) is 0 Å². The van der Waals surface area contributed by atoms with E-state index in [1.165, 1.54) is 6.33 Å². The van der Waals surface area contributed by atoms with E-state index in [0.717, 1.165) is 22.7 Å². The lowest BCUT2D eigenvalue weighted by molar-refractivity contribution is 0.586. The largest absolute Gasteiger partial charge is 0.369 e. The molecular formula is C10H15BrN4O2S. The van der Waals surface area contributed by atoms with E-state index in [1.54, 1.807) is 0 Å². The molecule has 1 aliphatic rings. The first-order valence-electron chi connectivity index (χ1n) is 5.73. The third kappa shape index (κ3) is 2.92. The molecule has 1 saturated heterocycles. The number of halogens is 1. The van der Waals surface area contributed by atoms with Gasteiger partial charge in [-0.15, -0.1) is 0 Å². The van der Waals surface area contributed by atoms with Crippen LogP contribution in [-0.2, 0) is 9.84 Å². The van der Waals surface area contributed by atoms with Gasteiger partial charge in [-0.2, -0.15) is 0 Å². The predicted molar refractivity (Wildman–Crippen MR) is 74.8 cm³/mol. The van der Waals surface area contributed by atoms with Crippen molar-refractivity contribution >= 4 is 37.4 Å². The molecule has 1 fully saturated rings. The first-order valence-corrected chi connectivity index (χ1v) is 8.34. The molecule has 0 aliphatic carbocycles. The first kappa shape index (κ1) is 13.5. The lowest BCUT2D eigenvalue weighted by Crippen LogP contribution is -2.41. The van der Waals surface area contributed by atoms with Gasteiger partial charge in [0.1, 0.15) is 22.4 Å². The second-order valence-electron chi connectivity index (χ2n) is 4.03. The summed E-state index contributed by atoms with van der Waals surface area (Å²) in [6.07, 6.45) is 1.49. The van der Waals surface area contributed by atoms with Crippen molar-refractivity contribution in [1.82, 2.24) is 9.97 Å². The maximum atomic E-state index is 11.4. The lowest BCUT2D eigenvalue weighted by Gasteiger charge is -2.28. The topological polar surface area (TPSA) is 75.2 Å². The molecule has 8 heteroatoms. The second-order valence-corrected chi connectivity index (χ2v) is 7.13. The fraction of sp³-hybridized carbons (Fsp3) is 0.600. The monoisotopic (exact) mass is 334 g/mol. The van der Waals surface area contributed by atoms with E-state index in [0.29, 0.717) is 13.1 Å². The van der Waals surface area contributed by atoms with Crippen molar-refractivity contribution in [1.29, 1.82) is 0 Å². The number of hydrogen-bond acceptors (Lipinski definition) is 6. The number of aromatic nitrogens is 2. The molecular weight excluding hydrogens is 320 g/mol. The summed E-state index contributed by atoms with van der Waals surface area (Å²) in [6, 6.07) is 0. The van der Waals surface area contributed by atoms with E-state index in [1.807, 2.05) is 11.8 Å². The average Bonchev–Trinajstić information content (AvgIpc) is 2.33. The van der Waals surface area contributed by atoms with Crippen molar-refractivity contribution in [3.63, 3.8) is 0 Å². The molecule has 0 unspecified atom stereocenters. The zero-order valence-corrected chi connectivity index (χ0v) is 12.5. The number of anilines is 2. The molecule has 2 heterocycles. The Morgan fingerprint density at radius 1 is 1.39 bits per heavy atom. The maximum absolute atomic E-state index is 11.4. The van der Waals surface area contributed by atoms with Gasteiger partial charge in [-0.1, -0.05) is 0 Å². The predicted octanol–water partition coefficient (Wildman–Crippen LogP) is 0.906.